The molecule has 4 heteroatoms. The Morgan fingerprint density at radius 3 is 2.71 bits per heavy atom. The highest BCUT2D eigenvalue weighted by Gasteiger charge is 2.19. The van der Waals surface area contributed by atoms with Gasteiger partial charge in [0.25, 0.3) is 0 Å². The number of benzene rings is 1. The predicted octanol–water partition coefficient (Wildman–Crippen LogP) is 1.95. The molecule has 92 valence electrons. The highest BCUT2D eigenvalue weighted by atomic mass is 19.1. The van der Waals surface area contributed by atoms with Gasteiger partial charge in [-0.25, -0.2) is 4.39 Å². The molecule has 0 saturated heterocycles. The van der Waals surface area contributed by atoms with Crippen LogP contribution in [0, 0.1) is 17.1 Å². The molecule has 0 radical (unpaired) electrons. The average molecular weight is 236 g/mol. The number of nitriles is 1. The van der Waals surface area contributed by atoms with Gasteiger partial charge >= 0.3 is 0 Å². The van der Waals surface area contributed by atoms with E-state index in [-0.39, 0.29) is 12.1 Å². The normalized spacial score (nSPS) is 14.1. The van der Waals surface area contributed by atoms with Gasteiger partial charge < -0.3 is 10.4 Å². The first-order chi connectivity index (χ1) is 8.03. The zero-order valence-electron chi connectivity index (χ0n) is 10.1. The van der Waals surface area contributed by atoms with Crippen molar-refractivity contribution < 1.29 is 9.50 Å². The summed E-state index contributed by atoms with van der Waals surface area (Å²) in [5, 5.41) is 21.1. The van der Waals surface area contributed by atoms with Crippen molar-refractivity contribution in [2.45, 2.75) is 32.4 Å². The quantitative estimate of drug-likeness (QED) is 0.821. The number of rotatable bonds is 5. The largest absolute Gasteiger partial charge is 0.394 e. The molecule has 0 aliphatic heterocycles. The van der Waals surface area contributed by atoms with Crippen molar-refractivity contribution in [1.29, 1.82) is 5.26 Å². The maximum atomic E-state index is 13.2. The van der Waals surface area contributed by atoms with Crippen molar-refractivity contribution in [1.82, 2.24) is 5.32 Å². The predicted molar refractivity (Wildman–Crippen MR) is 63.7 cm³/mol. The van der Waals surface area contributed by atoms with Crippen LogP contribution in [0.1, 0.15) is 31.4 Å². The third kappa shape index (κ3) is 3.81. The smallest absolute Gasteiger partial charge is 0.124 e. The summed E-state index contributed by atoms with van der Waals surface area (Å²) in [7, 11) is 0. The molecule has 0 fully saturated rings. The molecule has 0 amide bonds. The number of nitrogens with one attached hydrogen (secondary N) is 1. The number of aliphatic hydroxyl groups excluding tert-OH is 1. The lowest BCUT2D eigenvalue weighted by molar-refractivity contribution is 0.169. The first kappa shape index (κ1) is 13.6. The lowest BCUT2D eigenvalue weighted by Gasteiger charge is -2.27. The molecule has 0 bridgehead atoms. The molecule has 1 aromatic rings. The lowest BCUT2D eigenvalue weighted by atomic mass is 9.99. The van der Waals surface area contributed by atoms with Crippen LogP contribution in [-0.4, -0.2) is 17.3 Å². The van der Waals surface area contributed by atoms with Gasteiger partial charge in [-0.15, -0.1) is 0 Å². The van der Waals surface area contributed by atoms with Crippen molar-refractivity contribution in [2.75, 3.05) is 6.61 Å². The van der Waals surface area contributed by atoms with Gasteiger partial charge in [-0.1, -0.05) is 6.92 Å². The number of hydrogen-bond donors (Lipinski definition) is 2. The van der Waals surface area contributed by atoms with Crippen molar-refractivity contribution in [2.24, 2.45) is 0 Å². The molecular formula is C13H17FN2O. The van der Waals surface area contributed by atoms with Crippen molar-refractivity contribution in [3.05, 3.63) is 35.1 Å². The Hall–Kier alpha value is -1.44. The Labute approximate surface area is 101 Å². The van der Waals surface area contributed by atoms with Crippen LogP contribution in [0.3, 0.4) is 0 Å². The third-order valence-corrected chi connectivity index (χ3v) is 2.94. The maximum absolute atomic E-state index is 13.2. The Kier molecular flexibility index (Phi) is 4.62. The molecule has 0 heterocycles. The van der Waals surface area contributed by atoms with Gasteiger partial charge in [-0.3, -0.25) is 0 Å². The monoisotopic (exact) mass is 236 g/mol. The molecule has 1 rings (SSSR count). The molecule has 1 aromatic carbocycles. The highest BCUT2D eigenvalue weighted by molar-refractivity contribution is 5.33. The van der Waals surface area contributed by atoms with Crippen LogP contribution in [0.15, 0.2) is 18.2 Å². The molecule has 0 aliphatic carbocycles. The van der Waals surface area contributed by atoms with Crippen molar-refractivity contribution in [3.8, 4) is 6.07 Å². The first-order valence-electron chi connectivity index (χ1n) is 5.58. The van der Waals surface area contributed by atoms with Gasteiger partial charge in [0.05, 0.1) is 18.2 Å². The molecule has 3 nitrogen and oxygen atoms in total. The average Bonchev–Trinajstić information content (AvgIpc) is 2.35. The van der Waals surface area contributed by atoms with Crippen molar-refractivity contribution >= 4 is 0 Å². The van der Waals surface area contributed by atoms with E-state index in [1.165, 1.54) is 12.1 Å². The zero-order valence-corrected chi connectivity index (χ0v) is 10.1. The summed E-state index contributed by atoms with van der Waals surface area (Å²) in [4.78, 5) is 0. The Morgan fingerprint density at radius 2 is 2.18 bits per heavy atom. The Bertz CT molecular complexity index is 422. The van der Waals surface area contributed by atoms with Crippen LogP contribution in [0.25, 0.3) is 0 Å². The molecule has 17 heavy (non-hydrogen) atoms. The summed E-state index contributed by atoms with van der Waals surface area (Å²) in [6, 6.07) is 6.15. The van der Waals surface area contributed by atoms with Crippen LogP contribution in [0.4, 0.5) is 4.39 Å². The summed E-state index contributed by atoms with van der Waals surface area (Å²) in [5.74, 6) is -0.414. The van der Waals surface area contributed by atoms with E-state index in [9.17, 15) is 9.50 Å². The topological polar surface area (TPSA) is 56.0 Å². The fourth-order valence-electron chi connectivity index (χ4n) is 1.43. The van der Waals surface area contributed by atoms with E-state index >= 15 is 0 Å². The molecule has 0 aromatic heterocycles. The first-order valence-corrected chi connectivity index (χ1v) is 5.58. The van der Waals surface area contributed by atoms with E-state index in [2.05, 4.69) is 5.32 Å². The molecule has 0 saturated carbocycles. The van der Waals surface area contributed by atoms with Crippen LogP contribution in [-0.2, 0) is 6.54 Å². The standard InChI is InChI=1S/C13H17FN2O/c1-3-13(2,9-17)16-8-11-4-10(7-15)5-12(14)6-11/h4-6,16-17H,3,8-9H2,1-2H3. The van der Waals surface area contributed by atoms with E-state index in [0.29, 0.717) is 17.7 Å². The summed E-state index contributed by atoms with van der Waals surface area (Å²) in [6.45, 7) is 4.31. The lowest BCUT2D eigenvalue weighted by Crippen LogP contribution is -2.44. The van der Waals surface area contributed by atoms with E-state index in [4.69, 9.17) is 5.26 Å². The SMILES string of the molecule is CCC(C)(CO)NCc1cc(F)cc(C#N)c1. The minimum atomic E-state index is -0.414. The van der Waals surface area contributed by atoms with E-state index < -0.39 is 5.82 Å². The van der Waals surface area contributed by atoms with E-state index in [1.807, 2.05) is 19.9 Å². The van der Waals surface area contributed by atoms with E-state index in [0.717, 1.165) is 6.42 Å². The second-order valence-electron chi connectivity index (χ2n) is 4.39. The number of hydrogen-bond acceptors (Lipinski definition) is 3. The molecule has 0 aliphatic rings. The number of nitrogens with zero attached hydrogens (tertiary/aromatic N) is 1. The molecule has 0 spiro atoms. The maximum Gasteiger partial charge on any atom is 0.124 e. The minimum absolute atomic E-state index is 0.0178. The molecular weight excluding hydrogens is 219 g/mol. The highest BCUT2D eigenvalue weighted by Crippen LogP contribution is 2.12. The van der Waals surface area contributed by atoms with Gasteiger partial charge in [0, 0.05) is 12.1 Å². The second-order valence-corrected chi connectivity index (χ2v) is 4.39. The summed E-state index contributed by atoms with van der Waals surface area (Å²) in [5.41, 5.74) is 0.637. The van der Waals surface area contributed by atoms with Crippen LogP contribution < -0.4 is 5.32 Å². The molecule has 1 atom stereocenters. The number of aliphatic hydroxyl groups is 1. The van der Waals surface area contributed by atoms with E-state index in [1.54, 1.807) is 6.07 Å². The van der Waals surface area contributed by atoms with Crippen LogP contribution in [0.2, 0.25) is 0 Å². The molecule has 2 N–H and O–H groups in total. The number of halogens is 1. The van der Waals surface area contributed by atoms with Gasteiger partial charge in [-0.2, -0.15) is 5.26 Å². The van der Waals surface area contributed by atoms with Crippen LogP contribution in [0.5, 0.6) is 0 Å². The van der Waals surface area contributed by atoms with Gasteiger partial charge in [0.2, 0.25) is 0 Å². The fraction of sp³-hybridized carbons (Fsp3) is 0.462. The fourth-order valence-corrected chi connectivity index (χ4v) is 1.43. The summed E-state index contributed by atoms with van der Waals surface area (Å²) in [6.07, 6.45) is 0.768. The molecule has 1 unspecified atom stereocenters. The Balaban J connectivity index is 2.76. The van der Waals surface area contributed by atoms with Crippen molar-refractivity contribution in [3.63, 3.8) is 0 Å². The van der Waals surface area contributed by atoms with Crippen LogP contribution >= 0.6 is 0 Å². The van der Waals surface area contributed by atoms with Gasteiger partial charge in [0.1, 0.15) is 5.82 Å². The van der Waals surface area contributed by atoms with Gasteiger partial charge in [0.15, 0.2) is 0 Å². The zero-order chi connectivity index (χ0) is 12.9. The summed E-state index contributed by atoms with van der Waals surface area (Å²) < 4.78 is 13.2. The Morgan fingerprint density at radius 1 is 1.47 bits per heavy atom. The second kappa shape index (κ2) is 5.76. The summed E-state index contributed by atoms with van der Waals surface area (Å²) >= 11 is 0. The third-order valence-electron chi connectivity index (χ3n) is 2.94. The minimum Gasteiger partial charge on any atom is -0.394 e. The van der Waals surface area contributed by atoms with Gasteiger partial charge in [-0.05, 0) is 37.1 Å².